The highest BCUT2D eigenvalue weighted by molar-refractivity contribution is 5.83. The van der Waals surface area contributed by atoms with Gasteiger partial charge in [0.1, 0.15) is 5.82 Å². The molecule has 0 aromatic carbocycles. The van der Waals surface area contributed by atoms with Crippen molar-refractivity contribution < 1.29 is 0 Å². The number of nitrogens with zero attached hydrogens (tertiary/aromatic N) is 2. The molecule has 80 valence electrons. The summed E-state index contributed by atoms with van der Waals surface area (Å²) in [5.41, 5.74) is 7.26. The molecule has 0 bridgehead atoms. The number of aromatic nitrogens is 2. The molecule has 0 spiro atoms. The zero-order valence-electron chi connectivity index (χ0n) is 9.49. The molecule has 2 heterocycles. The highest BCUT2D eigenvalue weighted by atomic mass is 15.1. The third kappa shape index (κ3) is 1.48. The first-order valence-corrected chi connectivity index (χ1v) is 5.27. The normalized spacial score (nSPS) is 12.2. The zero-order valence-corrected chi connectivity index (χ0v) is 9.49. The number of pyridine rings is 1. The van der Waals surface area contributed by atoms with E-state index in [1.807, 2.05) is 24.5 Å². The maximum Gasteiger partial charge on any atom is 0.104 e. The van der Waals surface area contributed by atoms with E-state index in [1.165, 1.54) is 0 Å². The van der Waals surface area contributed by atoms with Crippen molar-refractivity contribution in [2.45, 2.75) is 32.7 Å². The van der Waals surface area contributed by atoms with Crippen molar-refractivity contribution in [1.29, 1.82) is 0 Å². The summed E-state index contributed by atoms with van der Waals surface area (Å²) in [4.78, 5) is 4.11. The highest BCUT2D eigenvalue weighted by Gasteiger charge is 2.21. The lowest BCUT2D eigenvalue weighted by Crippen LogP contribution is -2.26. The standard InChI is InChI=1S/C12H17N3/c1-4-12(2,3)15-10-5-6-14-8-9(10)7-11(15)13/h5-8H,4,13H2,1-3H3. The van der Waals surface area contributed by atoms with E-state index in [0.717, 1.165) is 23.1 Å². The molecular weight excluding hydrogens is 186 g/mol. The first kappa shape index (κ1) is 10.0. The van der Waals surface area contributed by atoms with Gasteiger partial charge in [-0.15, -0.1) is 0 Å². The van der Waals surface area contributed by atoms with Crippen LogP contribution in [0, 0.1) is 0 Å². The van der Waals surface area contributed by atoms with Gasteiger partial charge in [0, 0.05) is 23.3 Å². The molecule has 2 aromatic rings. The number of hydrogen-bond acceptors (Lipinski definition) is 2. The van der Waals surface area contributed by atoms with E-state index < -0.39 is 0 Å². The molecule has 0 atom stereocenters. The molecule has 2 N–H and O–H groups in total. The van der Waals surface area contributed by atoms with E-state index in [0.29, 0.717) is 0 Å². The lowest BCUT2D eigenvalue weighted by Gasteiger charge is -2.27. The van der Waals surface area contributed by atoms with Gasteiger partial charge in [0.05, 0.1) is 5.52 Å². The zero-order chi connectivity index (χ0) is 11.1. The summed E-state index contributed by atoms with van der Waals surface area (Å²) in [5, 5.41) is 1.11. The van der Waals surface area contributed by atoms with Crippen LogP contribution in [0.3, 0.4) is 0 Å². The molecule has 0 aliphatic rings. The number of anilines is 1. The van der Waals surface area contributed by atoms with Gasteiger partial charge in [-0.3, -0.25) is 4.98 Å². The van der Waals surface area contributed by atoms with Crippen molar-refractivity contribution in [2.24, 2.45) is 0 Å². The van der Waals surface area contributed by atoms with E-state index in [-0.39, 0.29) is 5.54 Å². The second kappa shape index (κ2) is 3.26. The third-order valence-electron chi connectivity index (χ3n) is 3.10. The van der Waals surface area contributed by atoms with Crippen molar-refractivity contribution in [3.8, 4) is 0 Å². The maximum atomic E-state index is 6.05. The first-order valence-electron chi connectivity index (χ1n) is 5.27. The van der Waals surface area contributed by atoms with Crippen molar-refractivity contribution in [2.75, 3.05) is 5.73 Å². The molecule has 0 saturated carbocycles. The van der Waals surface area contributed by atoms with E-state index >= 15 is 0 Å². The Bertz CT molecular complexity index is 483. The summed E-state index contributed by atoms with van der Waals surface area (Å²) < 4.78 is 2.18. The average Bonchev–Trinajstić information content (AvgIpc) is 2.54. The van der Waals surface area contributed by atoms with Crippen LogP contribution in [-0.2, 0) is 5.54 Å². The average molecular weight is 203 g/mol. The molecule has 2 rings (SSSR count). The van der Waals surface area contributed by atoms with Crippen LogP contribution in [0.1, 0.15) is 27.2 Å². The molecule has 0 radical (unpaired) electrons. The molecule has 0 unspecified atom stereocenters. The van der Waals surface area contributed by atoms with Gasteiger partial charge in [0.2, 0.25) is 0 Å². The van der Waals surface area contributed by atoms with Crippen molar-refractivity contribution in [3.63, 3.8) is 0 Å². The van der Waals surface area contributed by atoms with Crippen LogP contribution in [-0.4, -0.2) is 9.55 Å². The Morgan fingerprint density at radius 2 is 2.20 bits per heavy atom. The van der Waals surface area contributed by atoms with Gasteiger partial charge < -0.3 is 10.3 Å². The Hall–Kier alpha value is -1.51. The SMILES string of the molecule is CCC(C)(C)n1c(N)cc2cnccc21. The molecule has 0 aliphatic carbocycles. The van der Waals surface area contributed by atoms with Gasteiger partial charge >= 0.3 is 0 Å². The maximum absolute atomic E-state index is 6.05. The molecule has 0 fully saturated rings. The quantitative estimate of drug-likeness (QED) is 0.815. The van der Waals surface area contributed by atoms with Gasteiger partial charge in [0.25, 0.3) is 0 Å². The summed E-state index contributed by atoms with van der Waals surface area (Å²) in [7, 11) is 0. The van der Waals surface area contributed by atoms with E-state index in [1.54, 1.807) is 0 Å². The summed E-state index contributed by atoms with van der Waals surface area (Å²) in [6.07, 6.45) is 4.71. The second-order valence-corrected chi connectivity index (χ2v) is 4.51. The van der Waals surface area contributed by atoms with Crippen molar-refractivity contribution in [1.82, 2.24) is 9.55 Å². The number of rotatable bonds is 2. The topological polar surface area (TPSA) is 43.8 Å². The van der Waals surface area contributed by atoms with Crippen LogP contribution in [0.4, 0.5) is 5.82 Å². The summed E-state index contributed by atoms with van der Waals surface area (Å²) in [6.45, 7) is 6.57. The minimum Gasteiger partial charge on any atom is -0.385 e. The van der Waals surface area contributed by atoms with E-state index in [4.69, 9.17) is 5.73 Å². The predicted molar refractivity (Wildman–Crippen MR) is 63.8 cm³/mol. The van der Waals surface area contributed by atoms with Gasteiger partial charge in [-0.2, -0.15) is 0 Å². The van der Waals surface area contributed by atoms with Crippen molar-refractivity contribution in [3.05, 3.63) is 24.5 Å². The fraction of sp³-hybridized carbons (Fsp3) is 0.417. The fourth-order valence-corrected chi connectivity index (χ4v) is 1.91. The van der Waals surface area contributed by atoms with Crippen LogP contribution in [0.25, 0.3) is 10.9 Å². The van der Waals surface area contributed by atoms with E-state index in [9.17, 15) is 0 Å². The van der Waals surface area contributed by atoms with Crippen LogP contribution in [0.2, 0.25) is 0 Å². The van der Waals surface area contributed by atoms with E-state index in [2.05, 4.69) is 30.3 Å². The molecule has 0 aliphatic heterocycles. The number of nitrogens with two attached hydrogens (primary N) is 1. The fourth-order valence-electron chi connectivity index (χ4n) is 1.91. The largest absolute Gasteiger partial charge is 0.385 e. The number of hydrogen-bond donors (Lipinski definition) is 1. The molecule has 15 heavy (non-hydrogen) atoms. The van der Waals surface area contributed by atoms with Gasteiger partial charge in [-0.25, -0.2) is 0 Å². The third-order valence-corrected chi connectivity index (χ3v) is 3.10. The lowest BCUT2D eigenvalue weighted by atomic mass is 10.0. The smallest absolute Gasteiger partial charge is 0.104 e. The van der Waals surface area contributed by atoms with Gasteiger partial charge in [0.15, 0.2) is 0 Å². The van der Waals surface area contributed by atoms with Gasteiger partial charge in [-0.1, -0.05) is 6.92 Å². The Labute approximate surface area is 89.9 Å². The molecule has 0 amide bonds. The number of nitrogen functional groups attached to an aromatic ring is 1. The Balaban J connectivity index is 2.74. The minimum atomic E-state index is 0.0488. The van der Waals surface area contributed by atoms with Crippen molar-refractivity contribution >= 4 is 16.7 Å². The summed E-state index contributed by atoms with van der Waals surface area (Å²) in [5.74, 6) is 0.810. The highest BCUT2D eigenvalue weighted by Crippen LogP contribution is 2.30. The van der Waals surface area contributed by atoms with Crippen LogP contribution < -0.4 is 5.73 Å². The number of fused-ring (bicyclic) bond motifs is 1. The lowest BCUT2D eigenvalue weighted by molar-refractivity contribution is 0.359. The molecule has 0 saturated heterocycles. The summed E-state index contributed by atoms with van der Waals surface area (Å²) in [6, 6.07) is 4.00. The van der Waals surface area contributed by atoms with Crippen LogP contribution in [0.15, 0.2) is 24.5 Å². The molecule has 3 heteroatoms. The van der Waals surface area contributed by atoms with Gasteiger partial charge in [-0.05, 0) is 32.4 Å². The second-order valence-electron chi connectivity index (χ2n) is 4.51. The Kier molecular flexibility index (Phi) is 2.18. The minimum absolute atomic E-state index is 0.0488. The predicted octanol–water partition coefficient (Wildman–Crippen LogP) is 2.76. The summed E-state index contributed by atoms with van der Waals surface area (Å²) >= 11 is 0. The Morgan fingerprint density at radius 3 is 2.87 bits per heavy atom. The van der Waals surface area contributed by atoms with Crippen LogP contribution >= 0.6 is 0 Å². The molecular formula is C12H17N3. The molecule has 3 nitrogen and oxygen atoms in total. The monoisotopic (exact) mass is 203 g/mol. The van der Waals surface area contributed by atoms with Crippen LogP contribution in [0.5, 0.6) is 0 Å². The first-order chi connectivity index (χ1) is 7.06. The Morgan fingerprint density at radius 1 is 1.47 bits per heavy atom. The molecule has 2 aromatic heterocycles.